The van der Waals surface area contributed by atoms with Crippen LogP contribution in [0.3, 0.4) is 0 Å². The van der Waals surface area contributed by atoms with Crippen molar-refractivity contribution in [3.8, 4) is 0 Å². The number of likely N-dealkylation sites (N-methyl/N-ethyl adjacent to an activating group) is 1. The molecule has 9 heteroatoms. The molecule has 0 aliphatic carbocycles. The van der Waals surface area contributed by atoms with Gasteiger partial charge >= 0.3 is 17.9 Å². The summed E-state index contributed by atoms with van der Waals surface area (Å²) in [6.07, 6.45) is 57.6. The van der Waals surface area contributed by atoms with Gasteiger partial charge in [0.25, 0.3) is 6.29 Å². The van der Waals surface area contributed by atoms with Gasteiger partial charge < -0.3 is 28.5 Å². The number of carboxylic acid groups (broad SMARTS) is 1. The van der Waals surface area contributed by atoms with Crippen molar-refractivity contribution >= 4 is 17.9 Å². The van der Waals surface area contributed by atoms with Crippen molar-refractivity contribution in [1.82, 2.24) is 0 Å². The highest BCUT2D eigenvalue weighted by Crippen LogP contribution is 2.16. The molecular weight excluding hydrogens is 839 g/mol. The summed E-state index contributed by atoms with van der Waals surface area (Å²) in [5.41, 5.74) is 0. The Labute approximate surface area is 412 Å². The average molecular weight is 945 g/mol. The largest absolute Gasteiger partial charge is 0.477 e. The number of hydrogen-bond donors (Lipinski definition) is 1. The smallest absolute Gasteiger partial charge is 0.361 e. The van der Waals surface area contributed by atoms with Crippen LogP contribution >= 0.6 is 0 Å². The highest BCUT2D eigenvalue weighted by atomic mass is 16.7. The minimum absolute atomic E-state index is 0.185. The fourth-order valence-corrected chi connectivity index (χ4v) is 7.72. The van der Waals surface area contributed by atoms with Gasteiger partial charge in [-0.1, -0.05) is 204 Å². The summed E-state index contributed by atoms with van der Waals surface area (Å²) < 4.78 is 22.8. The van der Waals surface area contributed by atoms with Crippen molar-refractivity contribution in [3.63, 3.8) is 0 Å². The van der Waals surface area contributed by atoms with Gasteiger partial charge in [0.15, 0.2) is 6.10 Å². The molecule has 2 atom stereocenters. The van der Waals surface area contributed by atoms with Crippen LogP contribution in [-0.2, 0) is 33.3 Å². The Morgan fingerprint density at radius 1 is 0.448 bits per heavy atom. The van der Waals surface area contributed by atoms with Gasteiger partial charge in [0.1, 0.15) is 13.2 Å². The summed E-state index contributed by atoms with van der Waals surface area (Å²) in [5, 5.41) is 9.68. The van der Waals surface area contributed by atoms with Gasteiger partial charge in [0.05, 0.1) is 34.4 Å². The fraction of sp³-hybridized carbons (Fsp3) is 0.810. The van der Waals surface area contributed by atoms with E-state index in [1.54, 1.807) is 0 Å². The Balaban J connectivity index is 4.22. The van der Waals surface area contributed by atoms with Crippen LogP contribution in [0.15, 0.2) is 48.6 Å². The van der Waals surface area contributed by atoms with Crippen LogP contribution < -0.4 is 0 Å². The standard InChI is InChI=1S/C58H105NO8/c1-6-8-10-12-14-16-18-20-22-23-24-25-26-27-28-29-30-31-32-33-35-37-39-41-43-45-47-49-56(61)67-54(53-66-58(57(62)63)64-51-50-59(3,4)5)52-65-55(60)48-46-44-42-40-38-36-34-21-19-17-15-13-11-9-7-2/h15,17-18,20-21,23-24,34,54,58H,6-14,16,19,22,25-33,35-53H2,1-5H3/p+1/b17-15-,20-18-,24-23-,34-21-. The second-order valence-corrected chi connectivity index (χ2v) is 19.9. The summed E-state index contributed by atoms with van der Waals surface area (Å²) in [5.74, 6) is -2.02. The number of unbranched alkanes of at least 4 members (excludes halogenated alkanes) is 28. The molecule has 0 aliphatic rings. The third-order valence-electron chi connectivity index (χ3n) is 12.1. The van der Waals surface area contributed by atoms with E-state index in [-0.39, 0.29) is 38.6 Å². The Morgan fingerprint density at radius 3 is 1.21 bits per heavy atom. The van der Waals surface area contributed by atoms with Crippen molar-refractivity contribution in [2.45, 2.75) is 257 Å². The molecule has 67 heavy (non-hydrogen) atoms. The summed E-state index contributed by atoms with van der Waals surface area (Å²) in [7, 11) is 5.96. The van der Waals surface area contributed by atoms with Gasteiger partial charge in [0, 0.05) is 12.8 Å². The van der Waals surface area contributed by atoms with Crippen molar-refractivity contribution < 1.29 is 42.9 Å². The maximum atomic E-state index is 12.9. The molecule has 1 N–H and O–H groups in total. The van der Waals surface area contributed by atoms with E-state index in [0.717, 1.165) is 70.6 Å². The van der Waals surface area contributed by atoms with Gasteiger partial charge in [-0.25, -0.2) is 4.79 Å². The summed E-state index contributed by atoms with van der Waals surface area (Å²) in [6, 6.07) is 0. The van der Waals surface area contributed by atoms with Crippen molar-refractivity contribution in [2.75, 3.05) is 47.5 Å². The molecule has 0 amide bonds. The van der Waals surface area contributed by atoms with Gasteiger partial charge in [-0.15, -0.1) is 0 Å². The van der Waals surface area contributed by atoms with E-state index < -0.39 is 24.3 Å². The number of esters is 2. The predicted molar refractivity (Wildman–Crippen MR) is 281 cm³/mol. The van der Waals surface area contributed by atoms with Gasteiger partial charge in [0.2, 0.25) is 0 Å². The van der Waals surface area contributed by atoms with E-state index in [2.05, 4.69) is 62.5 Å². The number of carboxylic acids is 1. The van der Waals surface area contributed by atoms with E-state index in [4.69, 9.17) is 18.9 Å². The van der Waals surface area contributed by atoms with Crippen LogP contribution in [0, 0.1) is 0 Å². The van der Waals surface area contributed by atoms with Crippen LogP contribution in [0.25, 0.3) is 0 Å². The number of hydrogen-bond acceptors (Lipinski definition) is 7. The molecule has 0 spiro atoms. The average Bonchev–Trinajstić information content (AvgIpc) is 3.29. The third kappa shape index (κ3) is 50.9. The van der Waals surface area contributed by atoms with Crippen molar-refractivity contribution in [3.05, 3.63) is 48.6 Å². The van der Waals surface area contributed by atoms with Crippen LogP contribution in [0.2, 0.25) is 0 Å². The Morgan fingerprint density at radius 2 is 0.806 bits per heavy atom. The number of carbonyl (C=O) groups is 3. The zero-order valence-electron chi connectivity index (χ0n) is 44.3. The van der Waals surface area contributed by atoms with Gasteiger partial charge in [-0.05, 0) is 77.0 Å². The first-order chi connectivity index (χ1) is 32.6. The van der Waals surface area contributed by atoms with Crippen LogP contribution in [0.5, 0.6) is 0 Å². The molecule has 0 radical (unpaired) electrons. The Kier molecular flexibility index (Phi) is 47.6. The lowest BCUT2D eigenvalue weighted by Gasteiger charge is -2.25. The first kappa shape index (κ1) is 64.2. The molecule has 9 nitrogen and oxygen atoms in total. The number of aliphatic carboxylic acids is 1. The number of carbonyl (C=O) groups excluding carboxylic acids is 2. The number of rotatable bonds is 51. The SMILES string of the molecule is CCCCC/C=C\C/C=C\CCCCCCCC(=O)OCC(COC(OCC[N+](C)(C)C)C(=O)O)OC(=O)CCCCCCCCCCCCCCCCC/C=C\C/C=C\CCCCCCC. The second-order valence-electron chi connectivity index (χ2n) is 19.9. The molecule has 0 heterocycles. The number of allylic oxidation sites excluding steroid dienone is 8. The van der Waals surface area contributed by atoms with E-state index in [9.17, 15) is 19.5 Å². The van der Waals surface area contributed by atoms with E-state index >= 15 is 0 Å². The van der Waals surface area contributed by atoms with Crippen LogP contribution in [0.1, 0.15) is 245 Å². The molecule has 0 aromatic heterocycles. The maximum absolute atomic E-state index is 12.9. The highest BCUT2D eigenvalue weighted by Gasteiger charge is 2.25. The normalized spacial score (nSPS) is 13.1. The Bertz CT molecular complexity index is 1240. The van der Waals surface area contributed by atoms with Crippen molar-refractivity contribution in [1.29, 1.82) is 0 Å². The maximum Gasteiger partial charge on any atom is 0.361 e. The molecule has 0 saturated carbocycles. The first-order valence-corrected chi connectivity index (χ1v) is 27.8. The third-order valence-corrected chi connectivity index (χ3v) is 12.1. The molecule has 0 aromatic rings. The minimum atomic E-state index is -1.51. The van der Waals surface area contributed by atoms with Gasteiger partial charge in [-0.3, -0.25) is 9.59 Å². The molecular formula is C58H106NO8+. The molecule has 0 aromatic carbocycles. The fourth-order valence-electron chi connectivity index (χ4n) is 7.72. The van der Waals surface area contributed by atoms with E-state index in [1.807, 2.05) is 21.1 Å². The van der Waals surface area contributed by atoms with Crippen LogP contribution in [-0.4, -0.2) is 87.4 Å². The zero-order chi connectivity index (χ0) is 49.2. The molecule has 0 aliphatic heterocycles. The molecule has 0 fully saturated rings. The monoisotopic (exact) mass is 945 g/mol. The molecule has 390 valence electrons. The molecule has 0 saturated heterocycles. The highest BCUT2D eigenvalue weighted by molar-refractivity contribution is 5.71. The molecule has 0 rings (SSSR count). The molecule has 2 unspecified atom stereocenters. The van der Waals surface area contributed by atoms with Crippen molar-refractivity contribution in [2.24, 2.45) is 0 Å². The quantitative estimate of drug-likeness (QED) is 0.0211. The zero-order valence-corrected chi connectivity index (χ0v) is 44.3. The second kappa shape index (κ2) is 49.7. The summed E-state index contributed by atoms with van der Waals surface area (Å²) >= 11 is 0. The predicted octanol–water partition coefficient (Wildman–Crippen LogP) is 15.9. The molecule has 0 bridgehead atoms. The lowest BCUT2D eigenvalue weighted by Crippen LogP contribution is -2.40. The lowest BCUT2D eigenvalue weighted by molar-refractivity contribution is -0.870. The summed E-state index contributed by atoms with van der Waals surface area (Å²) in [6.45, 7) is 4.84. The number of ether oxygens (including phenoxy) is 4. The number of quaternary nitrogens is 1. The first-order valence-electron chi connectivity index (χ1n) is 27.8. The lowest BCUT2D eigenvalue weighted by atomic mass is 10.0. The van der Waals surface area contributed by atoms with E-state index in [1.165, 1.54) is 148 Å². The topological polar surface area (TPSA) is 108 Å². The van der Waals surface area contributed by atoms with Crippen LogP contribution in [0.4, 0.5) is 0 Å². The summed E-state index contributed by atoms with van der Waals surface area (Å²) in [4.78, 5) is 37.3. The minimum Gasteiger partial charge on any atom is -0.477 e. The Hall–Kier alpha value is -2.75. The van der Waals surface area contributed by atoms with E-state index in [0.29, 0.717) is 11.0 Å². The van der Waals surface area contributed by atoms with Gasteiger partial charge in [-0.2, -0.15) is 0 Å². The number of nitrogens with zero attached hydrogens (tertiary/aromatic N) is 1.